The van der Waals surface area contributed by atoms with Gasteiger partial charge < -0.3 is 9.30 Å². The number of hydrogen-bond donors (Lipinski definition) is 0. The summed E-state index contributed by atoms with van der Waals surface area (Å²) in [5.41, 5.74) is 1.83. The number of hydrogen-bond acceptors (Lipinski definition) is 3. The number of rotatable bonds is 6. The summed E-state index contributed by atoms with van der Waals surface area (Å²) >= 11 is 0. The van der Waals surface area contributed by atoms with Crippen molar-refractivity contribution in [3.63, 3.8) is 0 Å². The fourth-order valence-electron chi connectivity index (χ4n) is 2.57. The molecule has 0 aliphatic carbocycles. The van der Waals surface area contributed by atoms with Crippen LogP contribution in [0.1, 0.15) is 72.2 Å². The van der Waals surface area contributed by atoms with Crippen LogP contribution in [0.3, 0.4) is 0 Å². The van der Waals surface area contributed by atoms with Gasteiger partial charge in [0.05, 0.1) is 19.2 Å². The summed E-state index contributed by atoms with van der Waals surface area (Å²) in [7, 11) is 1.60. The maximum atomic E-state index is 12.9. The molecule has 2 aromatic rings. The number of aromatic nitrogens is 1. The van der Waals surface area contributed by atoms with Gasteiger partial charge in [-0.05, 0) is 26.0 Å². The van der Waals surface area contributed by atoms with E-state index in [1.165, 1.54) is 6.42 Å². The molecule has 0 aliphatic rings. The molecule has 4 heteroatoms. The van der Waals surface area contributed by atoms with Gasteiger partial charge in [0.1, 0.15) is 5.75 Å². The zero-order valence-electron chi connectivity index (χ0n) is 21.0. The van der Waals surface area contributed by atoms with Crippen molar-refractivity contribution in [2.45, 2.75) is 68.4 Å². The van der Waals surface area contributed by atoms with Gasteiger partial charge in [0, 0.05) is 34.5 Å². The standard InChI is InChI=1S/C21H27NO3.C3H8.C3H6/c1-13(2)14(3)20(24)17-11-22(12-19(23)21(4,5)6)18-10-15(25-7)8-9-16(17)18;2*1-3-2/h8-11,14H,1,12H2,2-7H3;3H2,1-2H3;3H,1H2,2H3. The monoisotopic (exact) mass is 427 g/mol. The predicted molar refractivity (Wildman–Crippen MR) is 133 cm³/mol. The number of ether oxygens (including phenoxy) is 1. The third kappa shape index (κ3) is 8.20. The van der Waals surface area contributed by atoms with Crippen molar-refractivity contribution in [1.29, 1.82) is 0 Å². The Morgan fingerprint density at radius 2 is 1.74 bits per heavy atom. The zero-order chi connectivity index (χ0) is 24.4. The lowest BCUT2D eigenvalue weighted by atomic mass is 9.91. The highest BCUT2D eigenvalue weighted by Gasteiger charge is 2.25. The molecule has 4 nitrogen and oxygen atoms in total. The number of methoxy groups -OCH3 is 1. The topological polar surface area (TPSA) is 48.3 Å². The first-order valence-electron chi connectivity index (χ1n) is 10.9. The largest absolute Gasteiger partial charge is 0.497 e. The molecule has 2 rings (SSSR count). The van der Waals surface area contributed by atoms with Crippen molar-refractivity contribution in [2.75, 3.05) is 7.11 Å². The lowest BCUT2D eigenvalue weighted by molar-refractivity contribution is -0.126. The van der Waals surface area contributed by atoms with Crippen molar-refractivity contribution in [2.24, 2.45) is 11.3 Å². The van der Waals surface area contributed by atoms with E-state index in [1.807, 2.05) is 64.3 Å². The highest BCUT2D eigenvalue weighted by Crippen LogP contribution is 2.29. The molecule has 1 atom stereocenters. The number of carbonyl (C=O) groups is 2. The van der Waals surface area contributed by atoms with Crippen LogP contribution in [0.15, 0.2) is 49.2 Å². The molecule has 172 valence electrons. The molecule has 0 spiro atoms. The summed E-state index contributed by atoms with van der Waals surface area (Å²) in [6.07, 6.45) is 4.79. The van der Waals surface area contributed by atoms with Gasteiger partial charge in [-0.15, -0.1) is 6.58 Å². The van der Waals surface area contributed by atoms with E-state index in [0.717, 1.165) is 16.5 Å². The second-order valence-electron chi connectivity index (χ2n) is 8.77. The Bertz CT molecular complexity index is 897. The van der Waals surface area contributed by atoms with E-state index in [0.29, 0.717) is 11.3 Å². The van der Waals surface area contributed by atoms with E-state index >= 15 is 0 Å². The third-order valence-corrected chi connectivity index (χ3v) is 4.64. The molecule has 0 aliphatic heterocycles. The maximum Gasteiger partial charge on any atom is 0.171 e. The van der Waals surface area contributed by atoms with E-state index in [4.69, 9.17) is 4.74 Å². The Hall–Kier alpha value is -2.62. The summed E-state index contributed by atoms with van der Waals surface area (Å²) in [5.74, 6) is 0.560. The first kappa shape index (κ1) is 28.4. The molecule has 0 saturated heterocycles. The van der Waals surface area contributed by atoms with Crippen molar-refractivity contribution in [1.82, 2.24) is 4.57 Å². The maximum absolute atomic E-state index is 12.9. The Labute approximate surface area is 189 Å². The molecule has 0 amide bonds. The van der Waals surface area contributed by atoms with Gasteiger partial charge in [-0.2, -0.15) is 0 Å². The van der Waals surface area contributed by atoms with E-state index in [-0.39, 0.29) is 24.0 Å². The van der Waals surface area contributed by atoms with E-state index < -0.39 is 5.41 Å². The van der Waals surface area contributed by atoms with Crippen LogP contribution < -0.4 is 4.74 Å². The molecule has 31 heavy (non-hydrogen) atoms. The lowest BCUT2D eigenvalue weighted by Crippen LogP contribution is -2.24. The average Bonchev–Trinajstić information content (AvgIpc) is 3.04. The van der Waals surface area contributed by atoms with Gasteiger partial charge in [0.15, 0.2) is 11.6 Å². The first-order chi connectivity index (χ1) is 14.4. The molecule has 1 heterocycles. The van der Waals surface area contributed by atoms with Crippen LogP contribution in [-0.2, 0) is 11.3 Å². The fraction of sp³-hybridized carbons (Fsp3) is 0.481. The van der Waals surface area contributed by atoms with E-state index in [1.54, 1.807) is 19.4 Å². The summed E-state index contributed by atoms with van der Waals surface area (Å²) in [4.78, 5) is 25.4. The molecule has 0 saturated carbocycles. The minimum Gasteiger partial charge on any atom is -0.497 e. The Balaban J connectivity index is 0.00000134. The Morgan fingerprint density at radius 3 is 2.16 bits per heavy atom. The van der Waals surface area contributed by atoms with Crippen molar-refractivity contribution in [3.05, 3.63) is 54.8 Å². The second-order valence-corrected chi connectivity index (χ2v) is 8.77. The Morgan fingerprint density at radius 1 is 1.23 bits per heavy atom. The smallest absolute Gasteiger partial charge is 0.171 e. The Kier molecular flexibility index (Phi) is 11.8. The van der Waals surface area contributed by atoms with Gasteiger partial charge in [-0.25, -0.2) is 0 Å². The fourth-order valence-corrected chi connectivity index (χ4v) is 2.57. The number of allylic oxidation sites excluding steroid dienone is 2. The second kappa shape index (κ2) is 12.9. The van der Waals surface area contributed by atoms with Crippen LogP contribution >= 0.6 is 0 Å². The summed E-state index contributed by atoms with van der Waals surface area (Å²) < 4.78 is 7.16. The highest BCUT2D eigenvalue weighted by molar-refractivity contribution is 6.10. The zero-order valence-corrected chi connectivity index (χ0v) is 21.0. The minimum absolute atomic E-state index is 0.0182. The number of ketones is 2. The molecular weight excluding hydrogens is 386 g/mol. The van der Waals surface area contributed by atoms with Gasteiger partial charge in [-0.1, -0.05) is 66.2 Å². The number of Topliss-reactive ketones (excluding diaryl/α,β-unsaturated/α-hetero) is 2. The number of nitrogens with zero attached hydrogens (tertiary/aromatic N) is 1. The van der Waals surface area contributed by atoms with Gasteiger partial charge in [-0.3, -0.25) is 9.59 Å². The predicted octanol–water partition coefficient (Wildman–Crippen LogP) is 7.27. The van der Waals surface area contributed by atoms with E-state index in [2.05, 4.69) is 27.0 Å². The van der Waals surface area contributed by atoms with Gasteiger partial charge in [0.2, 0.25) is 0 Å². The molecule has 1 aromatic heterocycles. The summed E-state index contributed by atoms with van der Waals surface area (Å²) in [6.45, 7) is 23.0. The molecule has 0 N–H and O–H groups in total. The third-order valence-electron chi connectivity index (χ3n) is 4.64. The van der Waals surface area contributed by atoms with Crippen LogP contribution in [0, 0.1) is 11.3 Å². The number of benzene rings is 1. The van der Waals surface area contributed by atoms with Crippen LogP contribution in [-0.4, -0.2) is 23.2 Å². The van der Waals surface area contributed by atoms with Crippen LogP contribution in [0.5, 0.6) is 5.75 Å². The number of fused-ring (bicyclic) bond motifs is 1. The highest BCUT2D eigenvalue weighted by atomic mass is 16.5. The van der Waals surface area contributed by atoms with Crippen molar-refractivity contribution in [3.8, 4) is 5.75 Å². The molecule has 1 aromatic carbocycles. The number of carbonyl (C=O) groups excluding carboxylic acids is 2. The van der Waals surface area contributed by atoms with Crippen LogP contribution in [0.2, 0.25) is 0 Å². The van der Waals surface area contributed by atoms with Gasteiger partial charge in [0.25, 0.3) is 0 Å². The van der Waals surface area contributed by atoms with E-state index in [9.17, 15) is 9.59 Å². The van der Waals surface area contributed by atoms with Gasteiger partial charge >= 0.3 is 0 Å². The summed E-state index contributed by atoms with van der Waals surface area (Å²) in [5, 5.41) is 0.834. The molecule has 0 bridgehead atoms. The van der Waals surface area contributed by atoms with Crippen LogP contribution in [0.25, 0.3) is 10.9 Å². The van der Waals surface area contributed by atoms with Crippen molar-refractivity contribution >= 4 is 22.5 Å². The molecule has 0 fully saturated rings. The lowest BCUT2D eigenvalue weighted by Gasteiger charge is -2.17. The first-order valence-corrected chi connectivity index (χ1v) is 10.9. The SMILES string of the molecule is C=C(C)C(C)C(=O)c1cn(CC(=O)C(C)(C)C)c2cc(OC)ccc12.C=CC.CCC. The molecule has 1 unspecified atom stereocenters. The van der Waals surface area contributed by atoms with Crippen molar-refractivity contribution < 1.29 is 14.3 Å². The van der Waals surface area contributed by atoms with Crippen LogP contribution in [0.4, 0.5) is 0 Å². The normalized spacial score (nSPS) is 11.4. The quantitative estimate of drug-likeness (QED) is 0.360. The molecular formula is C27H41NO3. The minimum atomic E-state index is -0.440. The molecule has 0 radical (unpaired) electrons. The average molecular weight is 428 g/mol. The summed E-state index contributed by atoms with van der Waals surface area (Å²) in [6, 6.07) is 5.58.